The fraction of sp³-hybridized carbons (Fsp3) is 0.571. The average molecular weight is 128 g/mol. The summed E-state index contributed by atoms with van der Waals surface area (Å²) < 4.78 is 0. The molecule has 2 atom stereocenters. The van der Waals surface area contributed by atoms with Crippen LogP contribution in [0.3, 0.4) is 0 Å². The second kappa shape index (κ2) is 1.51. The monoisotopic (exact) mass is 127 g/mol. The molecule has 2 rings (SSSR count). The minimum absolute atomic E-state index is 0.640. The van der Waals surface area contributed by atoms with Gasteiger partial charge in [-0.2, -0.15) is 0 Å². The molecule has 8 heavy (non-hydrogen) atoms. The van der Waals surface area contributed by atoms with E-state index in [1.165, 1.54) is 11.8 Å². The first-order valence-electron chi connectivity index (χ1n) is 3.06. The van der Waals surface area contributed by atoms with Crippen LogP contribution in [0.5, 0.6) is 0 Å². The highest BCUT2D eigenvalue weighted by atomic mass is 35.5. The van der Waals surface area contributed by atoms with Crippen LogP contribution in [0.2, 0.25) is 0 Å². The molecule has 2 bridgehead atoms. The molecule has 0 aromatic heterocycles. The number of hydrogen-bond acceptors (Lipinski definition) is 0. The van der Waals surface area contributed by atoms with Crippen molar-refractivity contribution >= 4 is 11.6 Å². The predicted octanol–water partition coefficient (Wildman–Crippen LogP) is 2.35. The fourth-order valence-electron chi connectivity index (χ4n) is 1.56. The Hall–Kier alpha value is 0.0300. The molecular formula is C7H8Cl. The van der Waals surface area contributed by atoms with Gasteiger partial charge in [-0.15, -0.1) is 11.6 Å². The summed E-state index contributed by atoms with van der Waals surface area (Å²) in [6.07, 6.45) is 6.95. The lowest BCUT2D eigenvalue weighted by Crippen LogP contribution is -1.94. The zero-order valence-corrected chi connectivity index (χ0v) is 5.36. The van der Waals surface area contributed by atoms with E-state index in [1.807, 2.05) is 0 Å². The second-order valence-corrected chi connectivity index (χ2v) is 3.12. The maximum Gasteiger partial charge on any atom is 0.0711 e. The van der Waals surface area contributed by atoms with Crippen molar-refractivity contribution < 1.29 is 0 Å². The summed E-state index contributed by atoms with van der Waals surface area (Å²) in [5.41, 5.74) is 0. The van der Waals surface area contributed by atoms with E-state index in [0.29, 0.717) is 5.92 Å². The third kappa shape index (κ3) is 0.526. The number of halogens is 1. The molecule has 1 heteroatoms. The van der Waals surface area contributed by atoms with Crippen LogP contribution in [0, 0.1) is 17.2 Å². The third-order valence-corrected chi connectivity index (χ3v) is 2.47. The molecule has 1 saturated carbocycles. The molecule has 2 aliphatic rings. The summed E-state index contributed by atoms with van der Waals surface area (Å²) >= 11 is 5.87. The number of rotatable bonds is 0. The van der Waals surface area contributed by atoms with E-state index in [4.69, 9.17) is 11.6 Å². The van der Waals surface area contributed by atoms with Gasteiger partial charge in [-0.1, -0.05) is 12.2 Å². The first-order chi connectivity index (χ1) is 3.86. The summed E-state index contributed by atoms with van der Waals surface area (Å²) in [6.45, 7) is 0. The van der Waals surface area contributed by atoms with Crippen molar-refractivity contribution in [1.82, 2.24) is 0 Å². The molecular weight excluding hydrogens is 120 g/mol. The SMILES string of the molecule is Cl[C]1CC2C=CC1C2. The third-order valence-electron chi connectivity index (χ3n) is 2.03. The van der Waals surface area contributed by atoms with E-state index in [-0.39, 0.29) is 0 Å². The van der Waals surface area contributed by atoms with Crippen LogP contribution < -0.4 is 0 Å². The van der Waals surface area contributed by atoms with E-state index in [2.05, 4.69) is 12.2 Å². The van der Waals surface area contributed by atoms with Crippen molar-refractivity contribution in [3.8, 4) is 0 Å². The summed E-state index contributed by atoms with van der Waals surface area (Å²) in [4.78, 5) is 0. The van der Waals surface area contributed by atoms with Gasteiger partial charge in [-0.25, -0.2) is 0 Å². The van der Waals surface area contributed by atoms with Crippen molar-refractivity contribution in [2.45, 2.75) is 12.8 Å². The largest absolute Gasteiger partial charge is 0.117 e. The minimum Gasteiger partial charge on any atom is -0.117 e. The van der Waals surface area contributed by atoms with Gasteiger partial charge in [0.25, 0.3) is 0 Å². The lowest BCUT2D eigenvalue weighted by atomic mass is 10.1. The first-order valence-corrected chi connectivity index (χ1v) is 3.43. The van der Waals surface area contributed by atoms with Crippen molar-refractivity contribution in [2.75, 3.05) is 0 Å². The lowest BCUT2D eigenvalue weighted by molar-refractivity contribution is 0.693. The molecule has 1 fully saturated rings. The summed E-state index contributed by atoms with van der Waals surface area (Å²) in [6, 6.07) is 0. The smallest absolute Gasteiger partial charge is 0.0711 e. The lowest BCUT2D eigenvalue weighted by Gasteiger charge is -2.06. The van der Waals surface area contributed by atoms with Gasteiger partial charge in [0, 0.05) is 0 Å². The Morgan fingerprint density at radius 2 is 2.38 bits per heavy atom. The van der Waals surface area contributed by atoms with E-state index in [1.54, 1.807) is 0 Å². The molecule has 43 valence electrons. The van der Waals surface area contributed by atoms with Gasteiger partial charge in [0.1, 0.15) is 0 Å². The number of allylic oxidation sites excluding steroid dienone is 2. The van der Waals surface area contributed by atoms with E-state index < -0.39 is 0 Å². The highest BCUT2D eigenvalue weighted by Crippen LogP contribution is 2.46. The normalized spacial score (nSPS) is 44.1. The van der Waals surface area contributed by atoms with Gasteiger partial charge < -0.3 is 0 Å². The Balaban J connectivity index is 2.23. The summed E-state index contributed by atoms with van der Waals surface area (Å²) in [7, 11) is 0. The Labute approximate surface area is 54.5 Å². The molecule has 0 N–H and O–H groups in total. The van der Waals surface area contributed by atoms with Crippen LogP contribution >= 0.6 is 11.6 Å². The maximum absolute atomic E-state index is 5.87. The predicted molar refractivity (Wildman–Crippen MR) is 34.4 cm³/mol. The van der Waals surface area contributed by atoms with Crippen LogP contribution in [0.15, 0.2) is 12.2 Å². The van der Waals surface area contributed by atoms with Crippen LogP contribution in [0.1, 0.15) is 12.8 Å². The summed E-state index contributed by atoms with van der Waals surface area (Å²) in [5.74, 6) is 1.44. The molecule has 0 amide bonds. The van der Waals surface area contributed by atoms with E-state index in [9.17, 15) is 0 Å². The highest BCUT2D eigenvalue weighted by molar-refractivity contribution is 6.27. The average Bonchev–Trinajstić information content (AvgIpc) is 2.23. The van der Waals surface area contributed by atoms with Crippen LogP contribution in [-0.2, 0) is 0 Å². The van der Waals surface area contributed by atoms with Crippen LogP contribution in [0.25, 0.3) is 0 Å². The van der Waals surface area contributed by atoms with Crippen molar-refractivity contribution in [2.24, 2.45) is 11.8 Å². The summed E-state index contributed by atoms with van der Waals surface area (Å²) in [5, 5.41) is 1.18. The molecule has 0 aromatic rings. The number of fused-ring (bicyclic) bond motifs is 2. The Morgan fingerprint density at radius 1 is 1.50 bits per heavy atom. The van der Waals surface area contributed by atoms with Gasteiger partial charge in [0.05, 0.1) is 5.38 Å². The molecule has 1 radical (unpaired) electrons. The fourth-order valence-corrected chi connectivity index (χ4v) is 1.92. The first kappa shape index (κ1) is 4.87. The molecule has 0 heterocycles. The minimum atomic E-state index is 0.640. The molecule has 0 saturated heterocycles. The van der Waals surface area contributed by atoms with E-state index in [0.717, 1.165) is 12.3 Å². The molecule has 0 spiro atoms. The van der Waals surface area contributed by atoms with Crippen molar-refractivity contribution in [3.05, 3.63) is 17.5 Å². The van der Waals surface area contributed by atoms with Gasteiger partial charge in [0.2, 0.25) is 0 Å². The Kier molecular flexibility index (Phi) is 0.916. The molecule has 2 unspecified atom stereocenters. The van der Waals surface area contributed by atoms with Gasteiger partial charge >= 0.3 is 0 Å². The Bertz CT molecular complexity index is 128. The van der Waals surface area contributed by atoms with Crippen molar-refractivity contribution in [1.29, 1.82) is 0 Å². The van der Waals surface area contributed by atoms with Gasteiger partial charge in [-0.3, -0.25) is 0 Å². The zero-order valence-electron chi connectivity index (χ0n) is 4.60. The molecule has 0 aliphatic heterocycles. The second-order valence-electron chi connectivity index (χ2n) is 2.64. The maximum atomic E-state index is 5.87. The van der Waals surface area contributed by atoms with E-state index >= 15 is 0 Å². The van der Waals surface area contributed by atoms with Crippen molar-refractivity contribution in [3.63, 3.8) is 0 Å². The Morgan fingerprint density at radius 3 is 2.62 bits per heavy atom. The van der Waals surface area contributed by atoms with Gasteiger partial charge in [0.15, 0.2) is 0 Å². The zero-order chi connectivity index (χ0) is 5.56. The number of hydrogen-bond donors (Lipinski definition) is 0. The molecule has 0 aromatic carbocycles. The van der Waals surface area contributed by atoms with Crippen LogP contribution in [-0.4, -0.2) is 0 Å². The standard InChI is InChI=1S/C7H8Cl/c8-7-4-5-1-2-6(7)3-5/h1-2,5-6H,3-4H2. The topological polar surface area (TPSA) is 0 Å². The molecule has 2 aliphatic carbocycles. The quantitative estimate of drug-likeness (QED) is 0.439. The molecule has 0 nitrogen and oxygen atoms in total. The van der Waals surface area contributed by atoms with Crippen LogP contribution in [0.4, 0.5) is 0 Å². The van der Waals surface area contributed by atoms with Gasteiger partial charge in [-0.05, 0) is 24.7 Å². The highest BCUT2D eigenvalue weighted by Gasteiger charge is 2.34.